The van der Waals surface area contributed by atoms with E-state index >= 15 is 0 Å². The van der Waals surface area contributed by atoms with Gasteiger partial charge in [0.2, 0.25) is 0 Å². The van der Waals surface area contributed by atoms with Crippen LogP contribution in [0.2, 0.25) is 5.02 Å². The summed E-state index contributed by atoms with van der Waals surface area (Å²) in [4.78, 5) is 11.1. The number of hydrogen-bond donors (Lipinski definition) is 3. The lowest BCUT2D eigenvalue weighted by atomic mass is 10.2. The van der Waals surface area contributed by atoms with E-state index in [9.17, 15) is 4.79 Å². The standard InChI is InChI=1S/C11H12ClN3O/c1-14-11(16)15-10-7-8(3-2-6-13)4-5-9(10)12/h4-5,7H,6,13H2,1H3,(H2,14,15,16). The number of nitrogens with one attached hydrogen (secondary N) is 2. The van der Waals surface area contributed by atoms with Gasteiger partial charge in [-0.1, -0.05) is 23.4 Å². The summed E-state index contributed by atoms with van der Waals surface area (Å²) in [5.41, 5.74) is 6.54. The summed E-state index contributed by atoms with van der Waals surface area (Å²) < 4.78 is 0. The van der Waals surface area contributed by atoms with E-state index in [0.29, 0.717) is 17.3 Å². The number of benzene rings is 1. The summed E-state index contributed by atoms with van der Waals surface area (Å²) in [6.45, 7) is 0.292. The molecule has 0 aliphatic carbocycles. The van der Waals surface area contributed by atoms with Crippen molar-refractivity contribution in [1.82, 2.24) is 5.32 Å². The number of amides is 2. The van der Waals surface area contributed by atoms with Crippen molar-refractivity contribution in [2.45, 2.75) is 0 Å². The van der Waals surface area contributed by atoms with Gasteiger partial charge in [-0.2, -0.15) is 0 Å². The molecule has 4 nitrogen and oxygen atoms in total. The fourth-order valence-corrected chi connectivity index (χ4v) is 1.20. The maximum absolute atomic E-state index is 11.1. The second-order valence-electron chi connectivity index (χ2n) is 2.90. The quantitative estimate of drug-likeness (QED) is 0.647. The predicted octanol–water partition coefficient (Wildman–Crippen LogP) is 1.40. The highest BCUT2D eigenvalue weighted by Crippen LogP contribution is 2.22. The van der Waals surface area contributed by atoms with E-state index in [4.69, 9.17) is 17.3 Å². The first-order chi connectivity index (χ1) is 7.67. The van der Waals surface area contributed by atoms with Gasteiger partial charge in [-0.05, 0) is 18.2 Å². The molecule has 0 aliphatic rings. The zero-order valence-corrected chi connectivity index (χ0v) is 9.56. The Labute approximate surface area is 99.2 Å². The number of urea groups is 1. The molecule has 0 saturated carbocycles. The van der Waals surface area contributed by atoms with E-state index in [1.165, 1.54) is 7.05 Å². The number of carbonyl (C=O) groups is 1. The Hall–Kier alpha value is -1.70. The summed E-state index contributed by atoms with van der Waals surface area (Å²) in [6.07, 6.45) is 0. The van der Waals surface area contributed by atoms with Crippen molar-refractivity contribution in [3.63, 3.8) is 0 Å². The van der Waals surface area contributed by atoms with E-state index in [-0.39, 0.29) is 6.03 Å². The van der Waals surface area contributed by atoms with Gasteiger partial charge in [0.1, 0.15) is 0 Å². The minimum atomic E-state index is -0.328. The first-order valence-electron chi connectivity index (χ1n) is 4.64. The molecule has 0 aliphatic heterocycles. The van der Waals surface area contributed by atoms with E-state index < -0.39 is 0 Å². The summed E-state index contributed by atoms with van der Waals surface area (Å²) >= 11 is 5.92. The maximum atomic E-state index is 11.1. The first-order valence-corrected chi connectivity index (χ1v) is 5.02. The van der Waals surface area contributed by atoms with Crippen LogP contribution in [-0.4, -0.2) is 19.6 Å². The van der Waals surface area contributed by atoms with Gasteiger partial charge in [-0.3, -0.25) is 0 Å². The van der Waals surface area contributed by atoms with E-state index in [1.54, 1.807) is 18.2 Å². The van der Waals surface area contributed by atoms with Crippen molar-refractivity contribution in [2.75, 3.05) is 18.9 Å². The highest BCUT2D eigenvalue weighted by atomic mass is 35.5. The number of carbonyl (C=O) groups excluding carboxylic acids is 1. The van der Waals surface area contributed by atoms with Crippen LogP contribution < -0.4 is 16.4 Å². The van der Waals surface area contributed by atoms with Crippen LogP contribution in [0.5, 0.6) is 0 Å². The monoisotopic (exact) mass is 237 g/mol. The topological polar surface area (TPSA) is 67.2 Å². The Morgan fingerprint density at radius 3 is 2.94 bits per heavy atom. The smallest absolute Gasteiger partial charge is 0.319 e. The van der Waals surface area contributed by atoms with Gasteiger partial charge >= 0.3 is 6.03 Å². The highest BCUT2D eigenvalue weighted by Gasteiger charge is 2.04. The van der Waals surface area contributed by atoms with Crippen LogP contribution in [-0.2, 0) is 0 Å². The van der Waals surface area contributed by atoms with Gasteiger partial charge in [-0.25, -0.2) is 4.79 Å². The minimum absolute atomic E-state index is 0.292. The SMILES string of the molecule is CNC(=O)Nc1cc(C#CCN)ccc1Cl. The van der Waals surface area contributed by atoms with Crippen molar-refractivity contribution >= 4 is 23.3 Å². The van der Waals surface area contributed by atoms with Crippen LogP contribution in [0.4, 0.5) is 10.5 Å². The third kappa shape index (κ3) is 3.46. The average Bonchev–Trinajstić information content (AvgIpc) is 2.30. The molecule has 1 rings (SSSR count). The van der Waals surface area contributed by atoms with Crippen LogP contribution in [0.3, 0.4) is 0 Å². The molecule has 0 aromatic heterocycles. The third-order valence-corrected chi connectivity index (χ3v) is 2.11. The van der Waals surface area contributed by atoms with Crippen molar-refractivity contribution < 1.29 is 4.79 Å². The molecule has 0 saturated heterocycles. The minimum Gasteiger partial charge on any atom is -0.341 e. The van der Waals surface area contributed by atoms with Gasteiger partial charge in [-0.15, -0.1) is 0 Å². The Morgan fingerprint density at radius 2 is 2.31 bits per heavy atom. The number of hydrogen-bond acceptors (Lipinski definition) is 2. The molecule has 0 fully saturated rings. The molecule has 84 valence electrons. The third-order valence-electron chi connectivity index (χ3n) is 1.78. The van der Waals surface area contributed by atoms with Crippen LogP contribution >= 0.6 is 11.6 Å². The first kappa shape index (κ1) is 12.4. The van der Waals surface area contributed by atoms with E-state index in [0.717, 1.165) is 5.56 Å². The molecule has 4 N–H and O–H groups in total. The molecule has 0 spiro atoms. The van der Waals surface area contributed by atoms with Gasteiger partial charge in [0, 0.05) is 12.6 Å². The highest BCUT2D eigenvalue weighted by molar-refractivity contribution is 6.33. The van der Waals surface area contributed by atoms with Crippen molar-refractivity contribution in [2.24, 2.45) is 5.73 Å². The van der Waals surface area contributed by atoms with Crippen LogP contribution in [0, 0.1) is 11.8 Å². The maximum Gasteiger partial charge on any atom is 0.319 e. The molecule has 2 amide bonds. The molecule has 0 bridgehead atoms. The summed E-state index contributed by atoms with van der Waals surface area (Å²) in [5, 5.41) is 5.49. The molecule has 0 atom stereocenters. The normalized spacial score (nSPS) is 8.94. The Morgan fingerprint density at radius 1 is 1.56 bits per heavy atom. The molecule has 1 aromatic rings. The second kappa shape index (κ2) is 6.01. The molecular weight excluding hydrogens is 226 g/mol. The summed E-state index contributed by atoms with van der Waals surface area (Å²) in [6, 6.07) is 4.80. The number of halogens is 1. The fourth-order valence-electron chi connectivity index (χ4n) is 1.04. The molecule has 16 heavy (non-hydrogen) atoms. The Balaban J connectivity index is 2.94. The lowest BCUT2D eigenvalue weighted by Gasteiger charge is -2.06. The lowest BCUT2D eigenvalue weighted by molar-refractivity contribution is 0.254. The average molecular weight is 238 g/mol. The summed E-state index contributed by atoms with van der Waals surface area (Å²) in [7, 11) is 1.53. The van der Waals surface area contributed by atoms with E-state index in [2.05, 4.69) is 22.5 Å². The van der Waals surface area contributed by atoms with Gasteiger partial charge in [0.15, 0.2) is 0 Å². The number of nitrogens with two attached hydrogens (primary N) is 1. The molecular formula is C11H12ClN3O. The molecule has 0 radical (unpaired) electrons. The number of rotatable bonds is 1. The number of anilines is 1. The molecule has 1 aromatic carbocycles. The second-order valence-corrected chi connectivity index (χ2v) is 3.31. The van der Waals surface area contributed by atoms with Crippen LogP contribution in [0.1, 0.15) is 5.56 Å². The molecule has 0 unspecified atom stereocenters. The Bertz CT molecular complexity index is 448. The van der Waals surface area contributed by atoms with Crippen LogP contribution in [0.15, 0.2) is 18.2 Å². The van der Waals surface area contributed by atoms with Gasteiger partial charge in [0.25, 0.3) is 0 Å². The molecule has 5 heteroatoms. The predicted molar refractivity (Wildman–Crippen MR) is 65.5 cm³/mol. The largest absolute Gasteiger partial charge is 0.341 e. The van der Waals surface area contributed by atoms with Crippen molar-refractivity contribution in [3.8, 4) is 11.8 Å². The van der Waals surface area contributed by atoms with Crippen molar-refractivity contribution in [3.05, 3.63) is 28.8 Å². The zero-order chi connectivity index (χ0) is 12.0. The lowest BCUT2D eigenvalue weighted by Crippen LogP contribution is -2.24. The van der Waals surface area contributed by atoms with Crippen molar-refractivity contribution in [1.29, 1.82) is 0 Å². The zero-order valence-electron chi connectivity index (χ0n) is 8.80. The molecule has 0 heterocycles. The van der Waals surface area contributed by atoms with Crippen LogP contribution in [0.25, 0.3) is 0 Å². The summed E-state index contributed by atoms with van der Waals surface area (Å²) in [5.74, 6) is 5.58. The Kier molecular flexibility index (Phi) is 4.65. The van der Waals surface area contributed by atoms with E-state index in [1.807, 2.05) is 0 Å². The van der Waals surface area contributed by atoms with Gasteiger partial charge < -0.3 is 16.4 Å². The van der Waals surface area contributed by atoms with Gasteiger partial charge in [0.05, 0.1) is 17.3 Å². The fraction of sp³-hybridized carbons (Fsp3) is 0.182.